The van der Waals surface area contributed by atoms with E-state index >= 15 is 0 Å². The first-order valence-electron chi connectivity index (χ1n) is 6.90. The largest absolute Gasteiger partial charge is 0.491 e. The second kappa shape index (κ2) is 7.89. The maximum absolute atomic E-state index is 5.91. The Hall–Kier alpha value is -1.42. The summed E-state index contributed by atoms with van der Waals surface area (Å²) in [5.41, 5.74) is 7.67. The highest BCUT2D eigenvalue weighted by molar-refractivity contribution is 5.61. The van der Waals surface area contributed by atoms with Crippen LogP contribution in [0.2, 0.25) is 0 Å². The Bertz CT molecular complexity index is 378. The van der Waals surface area contributed by atoms with E-state index < -0.39 is 0 Å². The van der Waals surface area contributed by atoms with Crippen LogP contribution < -0.4 is 15.8 Å². The molecule has 0 bridgehead atoms. The highest BCUT2D eigenvalue weighted by Gasteiger charge is 2.03. The minimum absolute atomic E-state index is 0.496. The molecular formula is C15H27N3O. The summed E-state index contributed by atoms with van der Waals surface area (Å²) in [6.45, 7) is 6.97. The molecule has 0 aliphatic heterocycles. The molecule has 0 saturated heterocycles. The number of hydrogen-bond donors (Lipinski definition) is 2. The Morgan fingerprint density at radius 1 is 1.32 bits per heavy atom. The predicted molar refractivity (Wildman–Crippen MR) is 82.8 cm³/mol. The van der Waals surface area contributed by atoms with Crippen molar-refractivity contribution in [1.82, 2.24) is 4.90 Å². The summed E-state index contributed by atoms with van der Waals surface area (Å²) < 4.78 is 5.71. The highest BCUT2D eigenvalue weighted by Crippen LogP contribution is 2.25. The minimum Gasteiger partial charge on any atom is -0.491 e. The fraction of sp³-hybridized carbons (Fsp3) is 0.600. The van der Waals surface area contributed by atoms with Crippen molar-refractivity contribution < 1.29 is 4.74 Å². The first kappa shape index (κ1) is 15.6. The summed E-state index contributed by atoms with van der Waals surface area (Å²) in [5, 5.41) is 3.39. The number of rotatable bonds is 8. The van der Waals surface area contributed by atoms with E-state index in [0.717, 1.165) is 30.9 Å². The SMILES string of the molecule is CC(C)COc1cc(NCCCN(C)C)ccc1N. The van der Waals surface area contributed by atoms with Crippen molar-refractivity contribution in [2.75, 3.05) is 44.8 Å². The summed E-state index contributed by atoms with van der Waals surface area (Å²) in [7, 11) is 4.17. The standard InChI is InChI=1S/C15H27N3O/c1-12(2)11-19-15-10-13(6-7-14(15)16)17-8-5-9-18(3)4/h6-7,10,12,17H,5,8-9,11,16H2,1-4H3. The van der Waals surface area contributed by atoms with Crippen LogP contribution >= 0.6 is 0 Å². The number of hydrogen-bond acceptors (Lipinski definition) is 4. The zero-order valence-electron chi connectivity index (χ0n) is 12.6. The Labute approximate surface area is 116 Å². The first-order chi connectivity index (χ1) is 8.99. The second-order valence-electron chi connectivity index (χ2n) is 5.54. The molecule has 1 aromatic carbocycles. The van der Waals surface area contributed by atoms with Gasteiger partial charge in [0.25, 0.3) is 0 Å². The molecule has 3 N–H and O–H groups in total. The van der Waals surface area contributed by atoms with Crippen LogP contribution in [0.1, 0.15) is 20.3 Å². The van der Waals surface area contributed by atoms with Gasteiger partial charge in [-0.15, -0.1) is 0 Å². The molecule has 0 unspecified atom stereocenters. The quantitative estimate of drug-likeness (QED) is 0.560. The number of ether oxygens (including phenoxy) is 1. The first-order valence-corrected chi connectivity index (χ1v) is 6.90. The van der Waals surface area contributed by atoms with Crippen molar-refractivity contribution in [2.24, 2.45) is 5.92 Å². The minimum atomic E-state index is 0.496. The second-order valence-corrected chi connectivity index (χ2v) is 5.54. The highest BCUT2D eigenvalue weighted by atomic mass is 16.5. The molecule has 4 heteroatoms. The summed E-state index contributed by atoms with van der Waals surface area (Å²) in [6, 6.07) is 5.87. The molecule has 0 heterocycles. The number of nitrogens with one attached hydrogen (secondary N) is 1. The van der Waals surface area contributed by atoms with Gasteiger partial charge in [0, 0.05) is 18.3 Å². The van der Waals surface area contributed by atoms with Crippen molar-refractivity contribution in [3.8, 4) is 5.75 Å². The van der Waals surface area contributed by atoms with Crippen LogP contribution in [0.15, 0.2) is 18.2 Å². The number of nitrogens with zero attached hydrogens (tertiary/aromatic N) is 1. The normalized spacial score (nSPS) is 11.1. The smallest absolute Gasteiger partial charge is 0.144 e. The maximum Gasteiger partial charge on any atom is 0.144 e. The Balaban J connectivity index is 2.48. The third-order valence-electron chi connectivity index (χ3n) is 2.70. The average molecular weight is 265 g/mol. The molecule has 19 heavy (non-hydrogen) atoms. The molecule has 0 amide bonds. The zero-order chi connectivity index (χ0) is 14.3. The zero-order valence-corrected chi connectivity index (χ0v) is 12.6. The van der Waals surface area contributed by atoms with Gasteiger partial charge in [-0.05, 0) is 45.1 Å². The molecule has 0 fully saturated rings. The molecule has 108 valence electrons. The fourth-order valence-electron chi connectivity index (χ4n) is 1.65. The van der Waals surface area contributed by atoms with Crippen LogP contribution in [-0.4, -0.2) is 38.7 Å². The van der Waals surface area contributed by atoms with Crippen LogP contribution in [-0.2, 0) is 0 Å². The van der Waals surface area contributed by atoms with Crippen LogP contribution in [0.4, 0.5) is 11.4 Å². The fourth-order valence-corrected chi connectivity index (χ4v) is 1.65. The molecule has 1 aromatic rings. The van der Waals surface area contributed by atoms with Crippen molar-refractivity contribution in [2.45, 2.75) is 20.3 Å². The van der Waals surface area contributed by atoms with Crippen LogP contribution in [0.3, 0.4) is 0 Å². The molecule has 0 saturated carbocycles. The van der Waals surface area contributed by atoms with Gasteiger partial charge in [0.2, 0.25) is 0 Å². The lowest BCUT2D eigenvalue weighted by molar-refractivity contribution is 0.272. The summed E-state index contributed by atoms with van der Waals surface area (Å²) in [4.78, 5) is 2.18. The van der Waals surface area contributed by atoms with Crippen LogP contribution in [0, 0.1) is 5.92 Å². The van der Waals surface area contributed by atoms with Gasteiger partial charge in [-0.2, -0.15) is 0 Å². The van der Waals surface area contributed by atoms with E-state index in [9.17, 15) is 0 Å². The number of nitrogen functional groups attached to an aromatic ring is 1. The average Bonchev–Trinajstić information content (AvgIpc) is 2.34. The van der Waals surface area contributed by atoms with E-state index in [1.165, 1.54) is 0 Å². The number of anilines is 2. The van der Waals surface area contributed by atoms with Gasteiger partial charge in [0.15, 0.2) is 0 Å². The third-order valence-corrected chi connectivity index (χ3v) is 2.70. The van der Waals surface area contributed by atoms with Gasteiger partial charge in [-0.25, -0.2) is 0 Å². The van der Waals surface area contributed by atoms with Crippen molar-refractivity contribution in [1.29, 1.82) is 0 Å². The van der Waals surface area contributed by atoms with E-state index in [1.54, 1.807) is 0 Å². The van der Waals surface area contributed by atoms with E-state index in [0.29, 0.717) is 18.2 Å². The number of nitrogens with two attached hydrogens (primary N) is 1. The predicted octanol–water partition coefficient (Wildman–Crippen LogP) is 2.67. The van der Waals surface area contributed by atoms with E-state index in [4.69, 9.17) is 10.5 Å². The van der Waals surface area contributed by atoms with Crippen LogP contribution in [0.25, 0.3) is 0 Å². The molecule has 0 atom stereocenters. The van der Waals surface area contributed by atoms with Crippen molar-refractivity contribution in [3.63, 3.8) is 0 Å². The van der Waals surface area contributed by atoms with E-state index in [2.05, 4.69) is 38.2 Å². The number of benzene rings is 1. The molecule has 0 spiro atoms. The molecule has 4 nitrogen and oxygen atoms in total. The molecular weight excluding hydrogens is 238 g/mol. The maximum atomic E-state index is 5.91. The van der Waals surface area contributed by atoms with Gasteiger partial charge in [-0.1, -0.05) is 13.8 Å². The summed E-state index contributed by atoms with van der Waals surface area (Å²) in [6.07, 6.45) is 1.11. The van der Waals surface area contributed by atoms with Gasteiger partial charge in [0.1, 0.15) is 5.75 Å². The monoisotopic (exact) mass is 265 g/mol. The molecule has 1 rings (SSSR count). The lowest BCUT2D eigenvalue weighted by Gasteiger charge is -2.14. The van der Waals surface area contributed by atoms with Gasteiger partial charge in [-0.3, -0.25) is 0 Å². The Kier molecular flexibility index (Phi) is 6.50. The van der Waals surface area contributed by atoms with Gasteiger partial charge < -0.3 is 20.7 Å². The summed E-state index contributed by atoms with van der Waals surface area (Å²) in [5.74, 6) is 1.27. The molecule has 0 radical (unpaired) electrons. The van der Waals surface area contributed by atoms with Crippen molar-refractivity contribution >= 4 is 11.4 Å². The Morgan fingerprint density at radius 2 is 2.05 bits per heavy atom. The lowest BCUT2D eigenvalue weighted by atomic mass is 10.2. The van der Waals surface area contributed by atoms with E-state index in [1.807, 2.05) is 18.2 Å². The molecule has 0 aliphatic rings. The topological polar surface area (TPSA) is 50.5 Å². The van der Waals surface area contributed by atoms with Gasteiger partial charge >= 0.3 is 0 Å². The van der Waals surface area contributed by atoms with Crippen LogP contribution in [0.5, 0.6) is 5.75 Å². The van der Waals surface area contributed by atoms with Gasteiger partial charge in [0.05, 0.1) is 12.3 Å². The van der Waals surface area contributed by atoms with E-state index in [-0.39, 0.29) is 0 Å². The third kappa shape index (κ3) is 6.34. The van der Waals surface area contributed by atoms with Crippen molar-refractivity contribution in [3.05, 3.63) is 18.2 Å². The molecule has 0 aromatic heterocycles. The summed E-state index contributed by atoms with van der Waals surface area (Å²) >= 11 is 0. The molecule has 0 aliphatic carbocycles. The lowest BCUT2D eigenvalue weighted by Crippen LogP contribution is -2.16. The Morgan fingerprint density at radius 3 is 2.68 bits per heavy atom.